The number of amides is 2. The third-order valence-electron chi connectivity index (χ3n) is 7.68. The van der Waals surface area contributed by atoms with Gasteiger partial charge in [0.1, 0.15) is 6.10 Å². The van der Waals surface area contributed by atoms with Crippen LogP contribution in [0.3, 0.4) is 0 Å². The molecule has 4 rings (SSSR count). The quantitative estimate of drug-likeness (QED) is 0.255. The first kappa shape index (κ1) is 30.4. The Kier molecular flexibility index (Phi) is 11.1. The lowest BCUT2D eigenvalue weighted by molar-refractivity contribution is -0.138. The van der Waals surface area contributed by atoms with Gasteiger partial charge in [-0.25, -0.2) is 0 Å². The summed E-state index contributed by atoms with van der Waals surface area (Å²) >= 11 is 0. The summed E-state index contributed by atoms with van der Waals surface area (Å²) < 4.78 is 0. The van der Waals surface area contributed by atoms with E-state index in [2.05, 4.69) is 27.7 Å². The molecule has 2 amide bonds. The van der Waals surface area contributed by atoms with Crippen LogP contribution in [-0.2, 0) is 22.6 Å². The Morgan fingerprint density at radius 1 is 0.878 bits per heavy atom. The van der Waals surface area contributed by atoms with Crippen molar-refractivity contribution in [2.75, 3.05) is 13.1 Å². The molecule has 1 aliphatic rings. The highest BCUT2D eigenvalue weighted by molar-refractivity contribution is 5.82. The van der Waals surface area contributed by atoms with Gasteiger partial charge >= 0.3 is 0 Å². The first-order valence-electron chi connectivity index (χ1n) is 14.6. The Hall–Kier alpha value is -3.52. The van der Waals surface area contributed by atoms with Crippen LogP contribution in [0.2, 0.25) is 0 Å². The van der Waals surface area contributed by atoms with Gasteiger partial charge in [-0.15, -0.1) is 0 Å². The maximum absolute atomic E-state index is 13.0. The van der Waals surface area contributed by atoms with Crippen LogP contribution in [0.1, 0.15) is 44.2 Å². The summed E-state index contributed by atoms with van der Waals surface area (Å²) in [5, 5.41) is 27.8. The molecule has 0 bridgehead atoms. The number of hydrogen-bond acceptors (Lipinski definition) is 5. The Morgan fingerprint density at radius 3 is 2.17 bits per heavy atom. The minimum atomic E-state index is -1.67. The average molecular weight is 558 g/mol. The summed E-state index contributed by atoms with van der Waals surface area (Å²) in [6.45, 7) is 6.41. The first-order chi connectivity index (χ1) is 19.8. The molecule has 0 aromatic heterocycles. The fraction of sp³-hybridized carbons (Fsp3) is 0.412. The number of nitrogens with zero attached hydrogens (tertiary/aromatic N) is 1. The molecule has 218 valence electrons. The lowest BCUT2D eigenvalue weighted by Gasteiger charge is -2.28. The van der Waals surface area contributed by atoms with E-state index >= 15 is 0 Å². The average Bonchev–Trinajstić information content (AvgIpc) is 3.42. The van der Waals surface area contributed by atoms with E-state index < -0.39 is 24.2 Å². The van der Waals surface area contributed by atoms with Crippen molar-refractivity contribution in [3.05, 3.63) is 96.1 Å². The second kappa shape index (κ2) is 14.9. The first-order valence-corrected chi connectivity index (χ1v) is 14.6. The van der Waals surface area contributed by atoms with Crippen LogP contribution < -0.4 is 10.6 Å². The molecule has 4 unspecified atom stereocenters. The monoisotopic (exact) mass is 557 g/mol. The van der Waals surface area contributed by atoms with Crippen LogP contribution in [0.4, 0.5) is 0 Å². The van der Waals surface area contributed by atoms with Gasteiger partial charge in [0.2, 0.25) is 5.91 Å². The lowest BCUT2D eigenvalue weighted by atomic mass is 9.95. The number of likely N-dealkylation sites (tertiary alicyclic amines) is 1. The maximum Gasteiger partial charge on any atom is 0.251 e. The third-order valence-corrected chi connectivity index (χ3v) is 7.68. The minimum Gasteiger partial charge on any atom is -0.388 e. The predicted octanol–water partition coefficient (Wildman–Crippen LogP) is 3.93. The van der Waals surface area contributed by atoms with Crippen LogP contribution in [-0.4, -0.2) is 64.3 Å². The van der Waals surface area contributed by atoms with Gasteiger partial charge in [0.25, 0.3) is 5.91 Å². The normalized spacial score (nSPS) is 17.6. The Labute approximate surface area is 243 Å². The third kappa shape index (κ3) is 9.25. The molecule has 1 heterocycles. The van der Waals surface area contributed by atoms with Crippen LogP contribution >= 0.6 is 0 Å². The molecule has 0 radical (unpaired) electrons. The van der Waals surface area contributed by atoms with Crippen molar-refractivity contribution in [2.45, 2.75) is 70.4 Å². The largest absolute Gasteiger partial charge is 0.388 e. The van der Waals surface area contributed by atoms with Gasteiger partial charge < -0.3 is 20.8 Å². The van der Waals surface area contributed by atoms with Crippen molar-refractivity contribution in [3.63, 3.8) is 0 Å². The zero-order chi connectivity index (χ0) is 29.2. The number of hydrogen-bond donors (Lipinski definition) is 4. The second-order valence-electron chi connectivity index (χ2n) is 11.5. The van der Waals surface area contributed by atoms with Crippen molar-refractivity contribution >= 4 is 11.8 Å². The van der Waals surface area contributed by atoms with Crippen LogP contribution in [0.25, 0.3) is 11.1 Å². The van der Waals surface area contributed by atoms with E-state index in [9.17, 15) is 19.8 Å². The molecular weight excluding hydrogens is 514 g/mol. The van der Waals surface area contributed by atoms with Gasteiger partial charge in [0, 0.05) is 32.1 Å². The Bertz CT molecular complexity index is 1230. The zero-order valence-corrected chi connectivity index (χ0v) is 24.1. The molecule has 1 aliphatic heterocycles. The van der Waals surface area contributed by atoms with E-state index in [4.69, 9.17) is 0 Å². The molecule has 3 aromatic carbocycles. The van der Waals surface area contributed by atoms with Crippen molar-refractivity contribution in [1.29, 1.82) is 0 Å². The highest BCUT2D eigenvalue weighted by atomic mass is 16.3. The summed E-state index contributed by atoms with van der Waals surface area (Å²) in [5.41, 5.74) is 4.25. The fourth-order valence-corrected chi connectivity index (χ4v) is 5.27. The number of benzene rings is 3. The van der Waals surface area contributed by atoms with Crippen LogP contribution in [0.5, 0.6) is 0 Å². The molecule has 7 nitrogen and oxygen atoms in total. The maximum atomic E-state index is 13.0. The minimum absolute atomic E-state index is 0.113. The van der Waals surface area contributed by atoms with E-state index in [1.54, 1.807) is 0 Å². The number of carbonyl (C=O) groups is 2. The molecule has 4 N–H and O–H groups in total. The van der Waals surface area contributed by atoms with E-state index in [0.29, 0.717) is 25.3 Å². The van der Waals surface area contributed by atoms with Gasteiger partial charge in [0.05, 0.1) is 6.04 Å². The highest BCUT2D eigenvalue weighted by Crippen LogP contribution is 2.21. The smallest absolute Gasteiger partial charge is 0.251 e. The highest BCUT2D eigenvalue weighted by Gasteiger charge is 2.34. The standard InChI is InChI=1S/C34H43N3O4/c1-24(2)13-18-31(38)36-30(21-25-14-16-28(17-15-25)27-11-7-4-8-12-27)32(39)33(40)34(41)35-29-19-20-37(23-29)22-26-9-5-3-6-10-26/h3-12,14-17,24,29-30,32-33,39-40H,13,18-23H2,1-2H3,(H,35,41)(H,36,38). The summed E-state index contributed by atoms with van der Waals surface area (Å²) in [6, 6.07) is 27.2. The van der Waals surface area contributed by atoms with Gasteiger partial charge in [-0.3, -0.25) is 14.5 Å². The van der Waals surface area contributed by atoms with Gasteiger partial charge in [-0.2, -0.15) is 0 Å². The molecule has 0 spiro atoms. The molecular formula is C34H43N3O4. The Balaban J connectivity index is 1.38. The summed E-state index contributed by atoms with van der Waals surface area (Å²) in [6.07, 6.45) is -1.06. The van der Waals surface area contributed by atoms with Crippen molar-refractivity contribution in [2.24, 2.45) is 5.92 Å². The predicted molar refractivity (Wildman–Crippen MR) is 162 cm³/mol. The summed E-state index contributed by atoms with van der Waals surface area (Å²) in [5.74, 6) is -0.465. The van der Waals surface area contributed by atoms with Crippen molar-refractivity contribution in [1.82, 2.24) is 15.5 Å². The van der Waals surface area contributed by atoms with Crippen molar-refractivity contribution < 1.29 is 19.8 Å². The van der Waals surface area contributed by atoms with E-state index in [-0.39, 0.29) is 18.4 Å². The SMILES string of the molecule is CC(C)CCC(=O)NC(Cc1ccc(-c2ccccc2)cc1)C(O)C(O)C(=O)NC1CCN(Cc2ccccc2)C1. The van der Waals surface area contributed by atoms with Gasteiger partial charge in [-0.1, -0.05) is 98.8 Å². The molecule has 0 aliphatic carbocycles. The van der Waals surface area contributed by atoms with Gasteiger partial charge in [0.15, 0.2) is 6.10 Å². The number of aliphatic hydroxyl groups excluding tert-OH is 2. The molecule has 0 saturated carbocycles. The molecule has 41 heavy (non-hydrogen) atoms. The van der Waals surface area contributed by atoms with Crippen LogP contribution in [0, 0.1) is 5.92 Å². The number of nitrogens with one attached hydrogen (secondary N) is 2. The number of rotatable bonds is 13. The second-order valence-corrected chi connectivity index (χ2v) is 11.5. The summed E-state index contributed by atoms with van der Waals surface area (Å²) in [7, 11) is 0. The zero-order valence-electron chi connectivity index (χ0n) is 24.1. The van der Waals surface area contributed by atoms with E-state index in [1.807, 2.05) is 86.6 Å². The van der Waals surface area contributed by atoms with Crippen molar-refractivity contribution in [3.8, 4) is 11.1 Å². The lowest BCUT2D eigenvalue weighted by Crippen LogP contribution is -2.55. The number of carbonyl (C=O) groups excluding carboxylic acids is 2. The topological polar surface area (TPSA) is 102 Å². The molecule has 7 heteroatoms. The molecule has 4 atom stereocenters. The fourth-order valence-electron chi connectivity index (χ4n) is 5.27. The van der Waals surface area contributed by atoms with E-state index in [1.165, 1.54) is 5.56 Å². The number of aliphatic hydroxyl groups is 2. The van der Waals surface area contributed by atoms with Crippen LogP contribution in [0.15, 0.2) is 84.9 Å². The molecule has 1 saturated heterocycles. The summed E-state index contributed by atoms with van der Waals surface area (Å²) in [4.78, 5) is 28.0. The Morgan fingerprint density at radius 2 is 1.51 bits per heavy atom. The van der Waals surface area contributed by atoms with Gasteiger partial charge in [-0.05, 0) is 47.4 Å². The van der Waals surface area contributed by atoms with E-state index in [0.717, 1.165) is 36.2 Å². The molecule has 1 fully saturated rings. The molecule has 3 aromatic rings.